The number of aromatic nitrogens is 1. The van der Waals surface area contributed by atoms with Gasteiger partial charge >= 0.3 is 0 Å². The maximum Gasteiger partial charge on any atom is 0.255 e. The molecule has 7 heteroatoms. The molecule has 2 N–H and O–H groups in total. The van der Waals surface area contributed by atoms with E-state index in [1.807, 2.05) is 98.1 Å². The van der Waals surface area contributed by atoms with Gasteiger partial charge in [-0.05, 0) is 43.7 Å². The van der Waals surface area contributed by atoms with E-state index >= 15 is 0 Å². The third-order valence-electron chi connectivity index (χ3n) is 5.15. The average molecular weight is 488 g/mol. The van der Waals surface area contributed by atoms with Crippen LogP contribution < -0.4 is 10.6 Å². The van der Waals surface area contributed by atoms with E-state index in [9.17, 15) is 9.59 Å². The highest BCUT2D eigenvalue weighted by atomic mass is 32.2. The first-order chi connectivity index (χ1) is 16.5. The average Bonchev–Trinajstić information content (AvgIpc) is 3.32. The third kappa shape index (κ3) is 6.12. The Bertz CT molecular complexity index is 1270. The van der Waals surface area contributed by atoms with Crippen molar-refractivity contribution in [1.29, 1.82) is 0 Å². The van der Waals surface area contributed by atoms with E-state index in [0.717, 1.165) is 21.7 Å². The molecule has 0 aliphatic carbocycles. The molecular weight excluding hydrogens is 462 g/mol. The van der Waals surface area contributed by atoms with Crippen LogP contribution in [0.1, 0.15) is 29.3 Å². The van der Waals surface area contributed by atoms with Crippen LogP contribution in [0.15, 0.2) is 89.1 Å². The summed E-state index contributed by atoms with van der Waals surface area (Å²) in [4.78, 5) is 30.9. The van der Waals surface area contributed by atoms with Gasteiger partial charge in [0.05, 0.1) is 10.9 Å². The summed E-state index contributed by atoms with van der Waals surface area (Å²) in [5.74, 6) is -0.250. The van der Waals surface area contributed by atoms with Gasteiger partial charge in [0.2, 0.25) is 5.91 Å². The molecule has 4 rings (SSSR count). The molecular formula is C27H25N3O2S2. The lowest BCUT2D eigenvalue weighted by Crippen LogP contribution is -2.24. The van der Waals surface area contributed by atoms with Gasteiger partial charge in [-0.1, -0.05) is 61.0 Å². The summed E-state index contributed by atoms with van der Waals surface area (Å²) in [6.07, 6.45) is 0.660. The number of hydrogen-bond donors (Lipinski definition) is 2. The minimum Gasteiger partial charge on any atom is -0.322 e. The lowest BCUT2D eigenvalue weighted by atomic mass is 10.1. The van der Waals surface area contributed by atoms with E-state index in [1.54, 1.807) is 0 Å². The zero-order valence-electron chi connectivity index (χ0n) is 18.9. The molecule has 0 saturated carbocycles. The molecule has 0 aliphatic heterocycles. The van der Waals surface area contributed by atoms with Gasteiger partial charge in [-0.25, -0.2) is 4.98 Å². The summed E-state index contributed by atoms with van der Waals surface area (Å²) in [6.45, 7) is 3.97. The Morgan fingerprint density at radius 1 is 0.971 bits per heavy atom. The number of thioether (sulfide) groups is 1. The van der Waals surface area contributed by atoms with Gasteiger partial charge in [0.1, 0.15) is 0 Å². The first-order valence-corrected chi connectivity index (χ1v) is 12.7. The van der Waals surface area contributed by atoms with Crippen LogP contribution in [0, 0.1) is 6.92 Å². The summed E-state index contributed by atoms with van der Waals surface area (Å²) in [7, 11) is 0. The van der Waals surface area contributed by atoms with Crippen molar-refractivity contribution >= 4 is 45.7 Å². The molecule has 34 heavy (non-hydrogen) atoms. The number of carbonyl (C=O) groups excluding carboxylic acids is 2. The van der Waals surface area contributed by atoms with Crippen molar-refractivity contribution in [2.45, 2.75) is 30.4 Å². The van der Waals surface area contributed by atoms with E-state index in [0.29, 0.717) is 22.8 Å². The smallest absolute Gasteiger partial charge is 0.255 e. The highest BCUT2D eigenvalue weighted by Crippen LogP contribution is 2.30. The van der Waals surface area contributed by atoms with Crippen molar-refractivity contribution in [2.24, 2.45) is 0 Å². The zero-order valence-corrected chi connectivity index (χ0v) is 20.6. The van der Waals surface area contributed by atoms with Gasteiger partial charge in [0, 0.05) is 27.1 Å². The molecule has 3 aromatic carbocycles. The molecule has 1 aromatic heterocycles. The minimum atomic E-state index is -0.285. The van der Waals surface area contributed by atoms with Crippen LogP contribution in [0.5, 0.6) is 0 Å². The second kappa shape index (κ2) is 11.1. The first kappa shape index (κ1) is 23.7. The van der Waals surface area contributed by atoms with Crippen LogP contribution in [0.25, 0.3) is 11.3 Å². The number of rotatable bonds is 8. The van der Waals surface area contributed by atoms with Crippen molar-refractivity contribution in [1.82, 2.24) is 4.98 Å². The summed E-state index contributed by atoms with van der Waals surface area (Å²) in [5.41, 5.74) is 4.27. The summed E-state index contributed by atoms with van der Waals surface area (Å²) in [5, 5.41) is 8.13. The number of carbonyl (C=O) groups is 2. The van der Waals surface area contributed by atoms with E-state index in [2.05, 4.69) is 15.6 Å². The number of hydrogen-bond acceptors (Lipinski definition) is 5. The van der Waals surface area contributed by atoms with Crippen molar-refractivity contribution in [3.8, 4) is 11.3 Å². The van der Waals surface area contributed by atoms with Gasteiger partial charge in [0.25, 0.3) is 5.91 Å². The largest absolute Gasteiger partial charge is 0.322 e. The number of nitrogens with zero attached hydrogens (tertiary/aromatic N) is 1. The van der Waals surface area contributed by atoms with Gasteiger partial charge in [-0.2, -0.15) is 0 Å². The Balaban J connectivity index is 1.39. The molecule has 1 heterocycles. The van der Waals surface area contributed by atoms with Crippen LogP contribution in [0.3, 0.4) is 0 Å². The van der Waals surface area contributed by atoms with E-state index in [1.165, 1.54) is 23.1 Å². The monoisotopic (exact) mass is 487 g/mol. The lowest BCUT2D eigenvalue weighted by Gasteiger charge is -2.14. The predicted molar refractivity (Wildman–Crippen MR) is 142 cm³/mol. The number of thiazole rings is 1. The van der Waals surface area contributed by atoms with Gasteiger partial charge < -0.3 is 10.6 Å². The van der Waals surface area contributed by atoms with Crippen LogP contribution in [0.2, 0.25) is 0 Å². The van der Waals surface area contributed by atoms with Crippen LogP contribution >= 0.6 is 23.1 Å². The molecule has 2 amide bonds. The van der Waals surface area contributed by atoms with Gasteiger partial charge in [-0.3, -0.25) is 9.59 Å². The molecule has 0 spiro atoms. The van der Waals surface area contributed by atoms with E-state index in [-0.39, 0.29) is 17.1 Å². The fourth-order valence-electron chi connectivity index (χ4n) is 3.30. The quantitative estimate of drug-likeness (QED) is 0.266. The maximum absolute atomic E-state index is 12.9. The Hall–Kier alpha value is -3.42. The van der Waals surface area contributed by atoms with Crippen LogP contribution in [-0.2, 0) is 4.79 Å². The number of aryl methyl sites for hydroxylation is 1. The standard InChI is InChI=1S/C27H25N3O2S2/c1-3-24(26(32)30-27-29-23(17-33-27)19-8-5-4-6-9-19)34-22-11-7-10-21(16-22)28-25(31)20-14-12-18(2)13-15-20/h4-17,24H,3H2,1-2H3,(H,28,31)(H,29,30,32). The van der Waals surface area contributed by atoms with Crippen LogP contribution in [-0.4, -0.2) is 22.0 Å². The SMILES string of the molecule is CCC(Sc1cccc(NC(=O)c2ccc(C)cc2)c1)C(=O)Nc1nc(-c2ccccc2)cs1. The predicted octanol–water partition coefficient (Wildman–Crippen LogP) is 6.88. The minimum absolute atomic E-state index is 0.0874. The van der Waals surface area contributed by atoms with Gasteiger partial charge in [0.15, 0.2) is 5.13 Å². The van der Waals surface area contributed by atoms with Crippen molar-refractivity contribution < 1.29 is 9.59 Å². The second-order valence-electron chi connectivity index (χ2n) is 7.76. The number of anilines is 2. The normalized spacial score (nSPS) is 11.6. The Kier molecular flexibility index (Phi) is 7.77. The van der Waals surface area contributed by atoms with Crippen molar-refractivity contribution in [3.63, 3.8) is 0 Å². The third-order valence-corrected chi connectivity index (χ3v) is 7.27. The van der Waals surface area contributed by atoms with Gasteiger partial charge in [-0.15, -0.1) is 23.1 Å². The number of amides is 2. The Labute approximate surface area is 207 Å². The molecule has 0 aliphatic rings. The van der Waals surface area contributed by atoms with Crippen molar-refractivity contribution in [2.75, 3.05) is 10.6 Å². The zero-order chi connectivity index (χ0) is 23.9. The summed E-state index contributed by atoms with van der Waals surface area (Å²) in [6, 6.07) is 24.9. The molecule has 0 bridgehead atoms. The Morgan fingerprint density at radius 3 is 2.47 bits per heavy atom. The number of benzene rings is 3. The molecule has 4 aromatic rings. The Morgan fingerprint density at radius 2 is 1.74 bits per heavy atom. The van der Waals surface area contributed by atoms with Crippen molar-refractivity contribution in [3.05, 3.63) is 95.4 Å². The highest BCUT2D eigenvalue weighted by Gasteiger charge is 2.20. The topological polar surface area (TPSA) is 71.1 Å². The molecule has 0 fully saturated rings. The highest BCUT2D eigenvalue weighted by molar-refractivity contribution is 8.00. The van der Waals surface area contributed by atoms with E-state index in [4.69, 9.17) is 0 Å². The molecule has 0 saturated heterocycles. The summed E-state index contributed by atoms with van der Waals surface area (Å²) >= 11 is 2.89. The fraction of sp³-hybridized carbons (Fsp3) is 0.148. The molecule has 1 atom stereocenters. The first-order valence-electron chi connectivity index (χ1n) is 11.0. The molecule has 172 valence electrons. The number of nitrogens with one attached hydrogen (secondary N) is 2. The molecule has 1 unspecified atom stereocenters. The molecule has 0 radical (unpaired) electrons. The lowest BCUT2D eigenvalue weighted by molar-refractivity contribution is -0.115. The maximum atomic E-state index is 12.9. The van der Waals surface area contributed by atoms with E-state index < -0.39 is 0 Å². The molecule has 5 nitrogen and oxygen atoms in total. The second-order valence-corrected chi connectivity index (χ2v) is 9.89. The summed E-state index contributed by atoms with van der Waals surface area (Å²) < 4.78 is 0. The fourth-order valence-corrected chi connectivity index (χ4v) is 5.04. The van der Waals surface area contributed by atoms with Crippen LogP contribution in [0.4, 0.5) is 10.8 Å².